The number of carbonyl (C=O) groups excluding carboxylic acids is 1. The molecule has 1 N–H and O–H groups in total. The van der Waals surface area contributed by atoms with Crippen LogP contribution in [0.4, 0.5) is 0 Å². The molecule has 2 saturated heterocycles. The van der Waals surface area contributed by atoms with Crippen LogP contribution in [0.1, 0.15) is 37.7 Å². The summed E-state index contributed by atoms with van der Waals surface area (Å²) >= 11 is 0. The van der Waals surface area contributed by atoms with Gasteiger partial charge in [-0.05, 0) is 62.5 Å². The van der Waals surface area contributed by atoms with Crippen LogP contribution >= 0.6 is 0 Å². The zero-order valence-corrected chi connectivity index (χ0v) is 15.7. The lowest BCUT2D eigenvalue weighted by molar-refractivity contribution is -0.118. The zero-order valence-electron chi connectivity index (χ0n) is 15.7. The van der Waals surface area contributed by atoms with Gasteiger partial charge in [-0.1, -0.05) is 12.5 Å². The first-order valence-electron chi connectivity index (χ1n) is 9.94. The number of nitrogens with one attached hydrogen (secondary N) is 1. The molecule has 0 bridgehead atoms. The van der Waals surface area contributed by atoms with Crippen molar-refractivity contribution < 1.29 is 19.0 Å². The van der Waals surface area contributed by atoms with E-state index in [9.17, 15) is 4.79 Å². The molecule has 1 amide bonds. The van der Waals surface area contributed by atoms with Crippen molar-refractivity contribution in [3.63, 3.8) is 0 Å². The fourth-order valence-corrected chi connectivity index (χ4v) is 4.22. The molecule has 2 fully saturated rings. The van der Waals surface area contributed by atoms with E-state index in [0.29, 0.717) is 6.54 Å². The van der Waals surface area contributed by atoms with Gasteiger partial charge >= 0.3 is 0 Å². The molecular formula is C21H28N2O4. The third-order valence-corrected chi connectivity index (χ3v) is 5.87. The van der Waals surface area contributed by atoms with Gasteiger partial charge in [0.2, 0.25) is 12.7 Å². The molecule has 6 nitrogen and oxygen atoms in total. The van der Waals surface area contributed by atoms with Crippen molar-refractivity contribution in [3.05, 3.63) is 29.8 Å². The van der Waals surface area contributed by atoms with Gasteiger partial charge in [-0.2, -0.15) is 0 Å². The number of hydrogen-bond donors (Lipinski definition) is 1. The molecule has 146 valence electrons. The van der Waals surface area contributed by atoms with Gasteiger partial charge in [-0.25, -0.2) is 0 Å². The summed E-state index contributed by atoms with van der Waals surface area (Å²) in [7, 11) is 0. The van der Waals surface area contributed by atoms with Gasteiger partial charge in [0.15, 0.2) is 11.5 Å². The second kappa shape index (κ2) is 8.31. The summed E-state index contributed by atoms with van der Waals surface area (Å²) in [5.74, 6) is 1.42. The maximum Gasteiger partial charge on any atom is 0.244 e. The minimum Gasteiger partial charge on any atom is -0.454 e. The molecular weight excluding hydrogens is 344 g/mol. The number of benzene rings is 1. The summed E-state index contributed by atoms with van der Waals surface area (Å²) in [4.78, 5) is 15.0. The standard InChI is InChI=1S/C21H28N2O4/c24-20(7-5-17-4-6-18-19(14-17)27-16-26-18)22-15-21(8-12-25-13-9-21)23-10-2-1-3-11-23/h4-7,14H,1-3,8-13,15-16H2,(H,22,24). The average Bonchev–Trinajstić information content (AvgIpc) is 3.20. The number of likely N-dealkylation sites (tertiary alicyclic amines) is 1. The summed E-state index contributed by atoms with van der Waals surface area (Å²) < 4.78 is 16.3. The van der Waals surface area contributed by atoms with Crippen LogP contribution in [0.3, 0.4) is 0 Å². The SMILES string of the molecule is O=C(C=Cc1ccc2c(c1)OCO2)NCC1(N2CCCCC2)CCOCC1. The first-order chi connectivity index (χ1) is 13.3. The van der Waals surface area contributed by atoms with Crippen LogP contribution in [0.5, 0.6) is 11.5 Å². The highest BCUT2D eigenvalue weighted by atomic mass is 16.7. The highest BCUT2D eigenvalue weighted by Gasteiger charge is 2.38. The lowest BCUT2D eigenvalue weighted by Crippen LogP contribution is -2.59. The first-order valence-corrected chi connectivity index (χ1v) is 9.94. The van der Waals surface area contributed by atoms with Crippen molar-refractivity contribution >= 4 is 12.0 Å². The number of fused-ring (bicyclic) bond motifs is 1. The molecule has 6 heteroatoms. The van der Waals surface area contributed by atoms with Crippen LogP contribution in [0.2, 0.25) is 0 Å². The molecule has 0 spiro atoms. The van der Waals surface area contributed by atoms with Crippen LogP contribution in [0.15, 0.2) is 24.3 Å². The third-order valence-electron chi connectivity index (χ3n) is 5.87. The molecule has 3 aliphatic rings. The van der Waals surface area contributed by atoms with E-state index in [4.69, 9.17) is 14.2 Å². The largest absolute Gasteiger partial charge is 0.454 e. The van der Waals surface area contributed by atoms with E-state index < -0.39 is 0 Å². The number of piperidine rings is 1. The van der Waals surface area contributed by atoms with E-state index in [2.05, 4.69) is 10.2 Å². The Balaban J connectivity index is 1.36. The Labute approximate surface area is 160 Å². The van der Waals surface area contributed by atoms with Crippen molar-refractivity contribution in [2.45, 2.75) is 37.6 Å². The maximum atomic E-state index is 12.4. The molecule has 0 aliphatic carbocycles. The quantitative estimate of drug-likeness (QED) is 0.805. The van der Waals surface area contributed by atoms with Gasteiger partial charge < -0.3 is 19.5 Å². The molecule has 0 unspecified atom stereocenters. The van der Waals surface area contributed by atoms with E-state index in [1.807, 2.05) is 24.3 Å². The Morgan fingerprint density at radius 2 is 1.89 bits per heavy atom. The van der Waals surface area contributed by atoms with Crippen molar-refractivity contribution in [2.24, 2.45) is 0 Å². The smallest absolute Gasteiger partial charge is 0.244 e. The zero-order chi connectivity index (χ0) is 18.5. The predicted molar refractivity (Wildman–Crippen MR) is 103 cm³/mol. The van der Waals surface area contributed by atoms with E-state index in [-0.39, 0.29) is 18.2 Å². The fourth-order valence-electron chi connectivity index (χ4n) is 4.22. The number of amides is 1. The van der Waals surface area contributed by atoms with Crippen LogP contribution in [0.25, 0.3) is 6.08 Å². The van der Waals surface area contributed by atoms with Crippen LogP contribution < -0.4 is 14.8 Å². The van der Waals surface area contributed by atoms with Gasteiger partial charge in [-0.3, -0.25) is 9.69 Å². The molecule has 1 aromatic rings. The number of ether oxygens (including phenoxy) is 3. The van der Waals surface area contributed by atoms with Crippen LogP contribution in [0, 0.1) is 0 Å². The molecule has 0 saturated carbocycles. The summed E-state index contributed by atoms with van der Waals surface area (Å²) in [6.45, 7) is 4.75. The normalized spacial score (nSPS) is 22.1. The summed E-state index contributed by atoms with van der Waals surface area (Å²) in [6.07, 6.45) is 9.20. The number of nitrogens with zero attached hydrogens (tertiary/aromatic N) is 1. The van der Waals surface area contributed by atoms with E-state index in [1.165, 1.54) is 19.3 Å². The molecule has 1 aromatic carbocycles. The maximum absolute atomic E-state index is 12.4. The Morgan fingerprint density at radius 1 is 1.11 bits per heavy atom. The van der Waals surface area contributed by atoms with Gasteiger partial charge in [0.05, 0.1) is 0 Å². The fraction of sp³-hybridized carbons (Fsp3) is 0.571. The second-order valence-corrected chi connectivity index (χ2v) is 7.55. The Kier molecular flexibility index (Phi) is 5.64. The van der Waals surface area contributed by atoms with Crippen LogP contribution in [-0.2, 0) is 9.53 Å². The highest BCUT2D eigenvalue weighted by Crippen LogP contribution is 2.33. The predicted octanol–water partition coefficient (Wildman–Crippen LogP) is 2.58. The summed E-state index contributed by atoms with van der Waals surface area (Å²) in [6, 6.07) is 5.68. The molecule has 3 heterocycles. The third kappa shape index (κ3) is 4.28. The molecule has 3 aliphatic heterocycles. The van der Waals surface area contributed by atoms with Gasteiger partial charge in [0, 0.05) is 31.4 Å². The lowest BCUT2D eigenvalue weighted by atomic mass is 9.86. The second-order valence-electron chi connectivity index (χ2n) is 7.55. The average molecular weight is 372 g/mol. The monoisotopic (exact) mass is 372 g/mol. The Bertz CT molecular complexity index is 691. The van der Waals surface area contributed by atoms with Crippen LogP contribution in [-0.4, -0.2) is 56.0 Å². The minimum absolute atomic E-state index is 0.0426. The minimum atomic E-state index is -0.0597. The van der Waals surface area contributed by atoms with Gasteiger partial charge in [0.1, 0.15) is 0 Å². The molecule has 0 atom stereocenters. The van der Waals surface area contributed by atoms with E-state index in [1.54, 1.807) is 6.08 Å². The summed E-state index contributed by atoms with van der Waals surface area (Å²) in [5, 5.41) is 3.13. The first kappa shape index (κ1) is 18.3. The molecule has 4 rings (SSSR count). The van der Waals surface area contributed by atoms with Crippen molar-refractivity contribution in [2.75, 3.05) is 39.6 Å². The highest BCUT2D eigenvalue weighted by molar-refractivity contribution is 5.91. The Hall–Kier alpha value is -2.05. The lowest BCUT2D eigenvalue weighted by Gasteiger charge is -2.48. The van der Waals surface area contributed by atoms with E-state index in [0.717, 1.165) is 56.2 Å². The molecule has 27 heavy (non-hydrogen) atoms. The Morgan fingerprint density at radius 3 is 2.70 bits per heavy atom. The van der Waals surface area contributed by atoms with Gasteiger partial charge in [0.25, 0.3) is 0 Å². The van der Waals surface area contributed by atoms with Crippen molar-refractivity contribution in [1.29, 1.82) is 0 Å². The number of hydrogen-bond acceptors (Lipinski definition) is 5. The van der Waals surface area contributed by atoms with Crippen molar-refractivity contribution in [1.82, 2.24) is 10.2 Å². The van der Waals surface area contributed by atoms with Crippen molar-refractivity contribution in [3.8, 4) is 11.5 Å². The van der Waals surface area contributed by atoms with E-state index >= 15 is 0 Å². The number of rotatable bonds is 5. The number of carbonyl (C=O) groups is 1. The molecule has 0 aromatic heterocycles. The summed E-state index contributed by atoms with van der Waals surface area (Å²) in [5.41, 5.74) is 0.965. The molecule has 0 radical (unpaired) electrons. The van der Waals surface area contributed by atoms with Gasteiger partial charge in [-0.15, -0.1) is 0 Å². The topological polar surface area (TPSA) is 60.0 Å².